The van der Waals surface area contributed by atoms with Crippen LogP contribution in [0.5, 0.6) is 5.75 Å². The molecule has 2 aromatic carbocycles. The third kappa shape index (κ3) is 3.23. The van der Waals surface area contributed by atoms with Crippen LogP contribution in [0.1, 0.15) is 49.9 Å². The van der Waals surface area contributed by atoms with E-state index >= 15 is 0 Å². The highest BCUT2D eigenvalue weighted by Gasteiger charge is 2.49. The smallest absolute Gasteiger partial charge is 0.410 e. The van der Waals surface area contributed by atoms with E-state index in [0.717, 1.165) is 25.1 Å². The third-order valence-electron chi connectivity index (χ3n) is 6.46. The number of likely N-dealkylation sites (N-methyl/N-ethyl adjacent to an activating group) is 1. The molecule has 1 aliphatic carbocycles. The summed E-state index contributed by atoms with van der Waals surface area (Å²) in [5.41, 5.74) is 3.97. The van der Waals surface area contributed by atoms with Crippen molar-refractivity contribution in [1.29, 1.82) is 0 Å². The Morgan fingerprint density at radius 2 is 2.07 bits per heavy atom. The van der Waals surface area contributed by atoms with Crippen LogP contribution in [0.2, 0.25) is 0 Å². The van der Waals surface area contributed by atoms with Crippen LogP contribution in [-0.2, 0) is 11.8 Å². The molecule has 1 saturated heterocycles. The average Bonchev–Trinajstić information content (AvgIpc) is 3.14. The summed E-state index contributed by atoms with van der Waals surface area (Å²) in [5.74, 6) is 0.628. The number of benzene rings is 2. The van der Waals surface area contributed by atoms with Gasteiger partial charge in [-0.25, -0.2) is 4.79 Å². The third-order valence-corrected chi connectivity index (χ3v) is 6.46. The maximum atomic E-state index is 12.4. The van der Waals surface area contributed by atoms with E-state index in [4.69, 9.17) is 4.74 Å². The standard InChI is InChI=1S/C23H28N2O2/c1-4-25-13-12-23(3)20-15-19(11-10-18(20)14-21(23)25)27-22(26)24-16(2)17-8-6-5-7-9-17/h5-11,15-16,21H,4,12-14H2,1-3H3,(H,24,26)/t16-,21-,23+/m0/s1. The first-order valence-electron chi connectivity index (χ1n) is 9.92. The van der Waals surface area contributed by atoms with Crippen molar-refractivity contribution in [2.75, 3.05) is 13.1 Å². The molecule has 0 unspecified atom stereocenters. The monoisotopic (exact) mass is 364 g/mol. The summed E-state index contributed by atoms with van der Waals surface area (Å²) in [4.78, 5) is 14.9. The van der Waals surface area contributed by atoms with E-state index in [9.17, 15) is 4.79 Å². The minimum atomic E-state index is -0.410. The second kappa shape index (κ2) is 7.01. The van der Waals surface area contributed by atoms with Crippen LogP contribution < -0.4 is 10.1 Å². The summed E-state index contributed by atoms with van der Waals surface area (Å²) in [7, 11) is 0. The van der Waals surface area contributed by atoms with Crippen molar-refractivity contribution in [2.24, 2.45) is 0 Å². The largest absolute Gasteiger partial charge is 0.413 e. The predicted octanol–water partition coefficient (Wildman–Crippen LogP) is 4.44. The second-order valence-electron chi connectivity index (χ2n) is 8.00. The van der Waals surface area contributed by atoms with Gasteiger partial charge in [-0.05, 0) is 61.7 Å². The highest BCUT2D eigenvalue weighted by Crippen LogP contribution is 2.48. The molecule has 0 spiro atoms. The molecular formula is C23H28N2O2. The van der Waals surface area contributed by atoms with Gasteiger partial charge in [-0.15, -0.1) is 0 Å². The van der Waals surface area contributed by atoms with Crippen LogP contribution in [0, 0.1) is 0 Å². The van der Waals surface area contributed by atoms with E-state index in [-0.39, 0.29) is 11.5 Å². The fourth-order valence-corrected chi connectivity index (χ4v) is 4.82. The Labute approximate surface area is 161 Å². The molecule has 0 radical (unpaired) electrons. The molecule has 4 rings (SSSR count). The number of fused-ring (bicyclic) bond motifs is 3. The summed E-state index contributed by atoms with van der Waals surface area (Å²) in [6.45, 7) is 8.80. The van der Waals surface area contributed by atoms with Gasteiger partial charge in [0.1, 0.15) is 5.75 Å². The van der Waals surface area contributed by atoms with Gasteiger partial charge in [-0.3, -0.25) is 4.90 Å². The molecule has 1 fully saturated rings. The minimum absolute atomic E-state index is 0.0945. The Bertz CT molecular complexity index is 836. The number of nitrogens with one attached hydrogen (secondary N) is 1. The maximum absolute atomic E-state index is 12.4. The molecule has 0 aromatic heterocycles. The summed E-state index contributed by atoms with van der Waals surface area (Å²) < 4.78 is 5.61. The number of carbonyl (C=O) groups excluding carboxylic acids is 1. The molecule has 2 aliphatic rings. The van der Waals surface area contributed by atoms with Gasteiger partial charge in [0.2, 0.25) is 0 Å². The molecular weight excluding hydrogens is 336 g/mol. The van der Waals surface area contributed by atoms with Gasteiger partial charge in [0.15, 0.2) is 0 Å². The Morgan fingerprint density at radius 3 is 2.81 bits per heavy atom. The van der Waals surface area contributed by atoms with E-state index < -0.39 is 6.09 Å². The Hall–Kier alpha value is -2.33. The molecule has 0 bridgehead atoms. The van der Waals surface area contributed by atoms with Crippen molar-refractivity contribution in [3.8, 4) is 5.75 Å². The lowest BCUT2D eigenvalue weighted by atomic mass is 9.80. The van der Waals surface area contributed by atoms with E-state index in [1.807, 2.05) is 43.3 Å². The van der Waals surface area contributed by atoms with Gasteiger partial charge < -0.3 is 10.1 Å². The summed E-state index contributed by atoms with van der Waals surface area (Å²) in [5, 5.41) is 2.92. The topological polar surface area (TPSA) is 41.6 Å². The molecule has 27 heavy (non-hydrogen) atoms. The van der Waals surface area contributed by atoms with E-state index in [1.54, 1.807) is 0 Å². The summed E-state index contributed by atoms with van der Waals surface area (Å²) in [6.07, 6.45) is 1.85. The van der Waals surface area contributed by atoms with E-state index in [1.165, 1.54) is 17.5 Å². The van der Waals surface area contributed by atoms with Crippen molar-refractivity contribution in [3.63, 3.8) is 0 Å². The van der Waals surface area contributed by atoms with Crippen LogP contribution in [0.4, 0.5) is 4.79 Å². The number of carbonyl (C=O) groups is 1. The lowest BCUT2D eigenvalue weighted by Gasteiger charge is -2.29. The summed E-state index contributed by atoms with van der Waals surface area (Å²) >= 11 is 0. The lowest BCUT2D eigenvalue weighted by Crippen LogP contribution is -2.37. The number of nitrogens with zero attached hydrogens (tertiary/aromatic N) is 1. The molecule has 1 N–H and O–H groups in total. The zero-order valence-corrected chi connectivity index (χ0v) is 16.4. The zero-order chi connectivity index (χ0) is 19.0. The molecule has 1 heterocycles. The minimum Gasteiger partial charge on any atom is -0.410 e. The Morgan fingerprint density at radius 1 is 1.30 bits per heavy atom. The van der Waals surface area contributed by atoms with Crippen LogP contribution >= 0.6 is 0 Å². The van der Waals surface area contributed by atoms with E-state index in [0.29, 0.717) is 11.8 Å². The van der Waals surface area contributed by atoms with Gasteiger partial charge in [0.05, 0.1) is 6.04 Å². The van der Waals surface area contributed by atoms with Crippen molar-refractivity contribution in [2.45, 2.75) is 51.1 Å². The SMILES string of the molecule is CCN1CC[C@]2(C)c3cc(OC(=O)N[C@@H](C)c4ccccc4)ccc3C[C@H]12. The number of hydrogen-bond acceptors (Lipinski definition) is 3. The number of likely N-dealkylation sites (tertiary alicyclic amines) is 1. The first kappa shape index (κ1) is 18.1. The Kier molecular flexibility index (Phi) is 4.68. The van der Waals surface area contributed by atoms with Crippen molar-refractivity contribution >= 4 is 6.09 Å². The molecule has 4 heteroatoms. The second-order valence-corrected chi connectivity index (χ2v) is 8.00. The maximum Gasteiger partial charge on any atom is 0.413 e. The molecule has 1 aliphatic heterocycles. The first-order chi connectivity index (χ1) is 13.0. The molecule has 4 nitrogen and oxygen atoms in total. The number of rotatable bonds is 4. The van der Waals surface area contributed by atoms with Gasteiger partial charge in [0, 0.05) is 11.5 Å². The fourth-order valence-electron chi connectivity index (χ4n) is 4.82. The quantitative estimate of drug-likeness (QED) is 0.872. The number of amides is 1. The molecule has 1 amide bonds. The molecule has 142 valence electrons. The highest BCUT2D eigenvalue weighted by atomic mass is 16.6. The number of ether oxygens (including phenoxy) is 1. The van der Waals surface area contributed by atoms with Crippen LogP contribution in [0.15, 0.2) is 48.5 Å². The lowest BCUT2D eigenvalue weighted by molar-refractivity contribution is 0.197. The van der Waals surface area contributed by atoms with Crippen molar-refractivity contribution < 1.29 is 9.53 Å². The normalized spacial score (nSPS) is 24.9. The van der Waals surface area contributed by atoms with Crippen molar-refractivity contribution in [1.82, 2.24) is 10.2 Å². The van der Waals surface area contributed by atoms with Crippen molar-refractivity contribution in [3.05, 3.63) is 65.2 Å². The fraction of sp³-hybridized carbons (Fsp3) is 0.435. The van der Waals surface area contributed by atoms with Gasteiger partial charge in [-0.2, -0.15) is 0 Å². The first-order valence-corrected chi connectivity index (χ1v) is 9.92. The molecule has 2 aromatic rings. The molecule has 3 atom stereocenters. The van der Waals surface area contributed by atoms with Crippen LogP contribution in [-0.4, -0.2) is 30.1 Å². The number of hydrogen-bond donors (Lipinski definition) is 1. The van der Waals surface area contributed by atoms with Gasteiger partial charge >= 0.3 is 6.09 Å². The Balaban J connectivity index is 1.47. The van der Waals surface area contributed by atoms with Gasteiger partial charge in [0.25, 0.3) is 0 Å². The predicted molar refractivity (Wildman–Crippen MR) is 107 cm³/mol. The van der Waals surface area contributed by atoms with E-state index in [2.05, 4.69) is 36.2 Å². The van der Waals surface area contributed by atoms with Crippen LogP contribution in [0.25, 0.3) is 0 Å². The van der Waals surface area contributed by atoms with Crippen LogP contribution in [0.3, 0.4) is 0 Å². The van der Waals surface area contributed by atoms with Gasteiger partial charge in [-0.1, -0.05) is 50.2 Å². The average molecular weight is 364 g/mol. The zero-order valence-electron chi connectivity index (χ0n) is 16.4. The molecule has 0 saturated carbocycles. The summed E-state index contributed by atoms with van der Waals surface area (Å²) in [6, 6.07) is 16.5. The highest BCUT2D eigenvalue weighted by molar-refractivity contribution is 5.71.